The maximum atomic E-state index is 10.4. The molecule has 3 nitrogen and oxygen atoms in total. The predicted molar refractivity (Wildman–Crippen MR) is 28.7 cm³/mol. The number of nitroso groups, excluding NO2 is 1. The number of rotatable bonds is 3. The highest BCUT2D eigenvalue weighted by Gasteiger charge is 1.88. The number of hydrogen-bond acceptors (Lipinski definition) is 2. The Hall–Kier alpha value is -0.600. The molecule has 0 aromatic heterocycles. The standard InChI is InChI=1S/C4H10N2O/c1-3-6(4-2)5-7/h3-4H2,1-2H3/i1D3,2D3,3D2,4D2. The second-order valence-corrected chi connectivity index (χ2v) is 0.617. The summed E-state index contributed by atoms with van der Waals surface area (Å²) in [5.74, 6) is 0. The molecule has 3 heteroatoms. The van der Waals surface area contributed by atoms with E-state index in [4.69, 9.17) is 13.7 Å². The smallest absolute Gasteiger partial charge is 0.0523 e. The van der Waals surface area contributed by atoms with Crippen molar-refractivity contribution < 1.29 is 13.7 Å². The van der Waals surface area contributed by atoms with Crippen LogP contribution in [0, 0.1) is 4.91 Å². The maximum absolute atomic E-state index is 10.4. The van der Waals surface area contributed by atoms with Crippen LogP contribution in [0.1, 0.15) is 27.4 Å². The van der Waals surface area contributed by atoms with Gasteiger partial charge in [0.05, 0.1) is 10.8 Å². The van der Waals surface area contributed by atoms with Crippen LogP contribution >= 0.6 is 0 Å². The summed E-state index contributed by atoms with van der Waals surface area (Å²) in [4.78, 5) is 10.4. The Bertz CT molecular complexity index is 266. The molecule has 0 unspecified atom stereocenters. The monoisotopic (exact) mass is 112 g/mol. The van der Waals surface area contributed by atoms with Crippen LogP contribution < -0.4 is 0 Å². The minimum absolute atomic E-state index is 0.722. The molecule has 0 aliphatic heterocycles. The third-order valence-corrected chi connectivity index (χ3v) is 0.293. The summed E-state index contributed by atoms with van der Waals surface area (Å²) in [6.07, 6.45) is 0. The molecular formula is C4H10N2O. The van der Waals surface area contributed by atoms with Crippen molar-refractivity contribution in [2.75, 3.05) is 13.0 Å². The lowest BCUT2D eigenvalue weighted by Gasteiger charge is -2.06. The second kappa shape index (κ2) is 3.59. The molecule has 0 aromatic carbocycles. The van der Waals surface area contributed by atoms with Crippen molar-refractivity contribution in [2.24, 2.45) is 5.29 Å². The average molecular weight is 112 g/mol. The Kier molecular flexibility index (Phi) is 0.403. The third kappa shape index (κ3) is 2.14. The van der Waals surface area contributed by atoms with Crippen LogP contribution in [0.15, 0.2) is 5.29 Å². The van der Waals surface area contributed by atoms with Gasteiger partial charge in [-0.2, -0.15) is 0 Å². The van der Waals surface area contributed by atoms with Crippen LogP contribution in [-0.4, -0.2) is 18.0 Å². The van der Waals surface area contributed by atoms with E-state index in [-0.39, 0.29) is 0 Å². The Morgan fingerprint density at radius 3 is 2.71 bits per heavy atom. The summed E-state index contributed by atoms with van der Waals surface area (Å²) in [7, 11) is 0. The van der Waals surface area contributed by atoms with Gasteiger partial charge in [-0.25, -0.2) is 0 Å². The summed E-state index contributed by atoms with van der Waals surface area (Å²) in [6.45, 7) is -13.9. The van der Waals surface area contributed by atoms with Crippen LogP contribution in [0.5, 0.6) is 0 Å². The lowest BCUT2D eigenvalue weighted by atomic mass is 10.6. The number of hydrogen-bond donors (Lipinski definition) is 0. The van der Waals surface area contributed by atoms with Crippen molar-refractivity contribution in [1.29, 1.82) is 0 Å². The van der Waals surface area contributed by atoms with Crippen molar-refractivity contribution in [3.05, 3.63) is 4.91 Å². The lowest BCUT2D eigenvalue weighted by molar-refractivity contribution is 0.317. The van der Waals surface area contributed by atoms with E-state index in [0.29, 0.717) is 0 Å². The van der Waals surface area contributed by atoms with Crippen molar-refractivity contribution in [3.63, 3.8) is 0 Å². The molecule has 0 fully saturated rings. The van der Waals surface area contributed by atoms with Crippen LogP contribution in [-0.2, 0) is 0 Å². The minimum atomic E-state index is -3.54. The second-order valence-electron chi connectivity index (χ2n) is 0.617. The first-order valence-electron chi connectivity index (χ1n) is 6.33. The molecule has 0 N–H and O–H groups in total. The molecule has 0 saturated carbocycles. The Labute approximate surface area is 57.3 Å². The molecule has 0 amide bonds. The van der Waals surface area contributed by atoms with E-state index in [2.05, 4.69) is 0 Å². The molecule has 0 spiro atoms. The van der Waals surface area contributed by atoms with E-state index in [9.17, 15) is 4.91 Å². The zero-order chi connectivity index (χ0) is 14.3. The van der Waals surface area contributed by atoms with Crippen molar-refractivity contribution in [3.8, 4) is 0 Å². The van der Waals surface area contributed by atoms with Gasteiger partial charge >= 0.3 is 0 Å². The normalized spacial score (nSPS) is 37.1. The minimum Gasteiger partial charge on any atom is -0.261 e. The van der Waals surface area contributed by atoms with E-state index in [1.165, 1.54) is 0 Å². The largest absolute Gasteiger partial charge is 0.261 e. The molecule has 0 aliphatic carbocycles. The van der Waals surface area contributed by atoms with E-state index in [1.807, 2.05) is 5.29 Å². The quantitative estimate of drug-likeness (QED) is 0.403. The molecule has 0 aliphatic rings. The highest BCUT2D eigenvalue weighted by molar-refractivity contribution is 4.38. The van der Waals surface area contributed by atoms with Gasteiger partial charge in [0.15, 0.2) is 0 Å². The van der Waals surface area contributed by atoms with Gasteiger partial charge in [-0.1, -0.05) is 0 Å². The fourth-order valence-electron chi connectivity index (χ4n) is 0.0688. The summed E-state index contributed by atoms with van der Waals surface area (Å²) >= 11 is 0. The van der Waals surface area contributed by atoms with Gasteiger partial charge in [0, 0.05) is 21.2 Å². The first-order valence-corrected chi connectivity index (χ1v) is 1.33. The van der Waals surface area contributed by atoms with Gasteiger partial charge in [0.25, 0.3) is 0 Å². The van der Waals surface area contributed by atoms with E-state index >= 15 is 0 Å². The third-order valence-electron chi connectivity index (χ3n) is 0.293. The molecule has 0 bridgehead atoms. The maximum Gasteiger partial charge on any atom is 0.0523 e. The van der Waals surface area contributed by atoms with Gasteiger partial charge in [0.1, 0.15) is 0 Å². The van der Waals surface area contributed by atoms with Gasteiger partial charge < -0.3 is 0 Å². The van der Waals surface area contributed by atoms with Crippen molar-refractivity contribution in [1.82, 2.24) is 5.01 Å². The van der Waals surface area contributed by atoms with Crippen molar-refractivity contribution >= 4 is 0 Å². The Morgan fingerprint density at radius 1 is 1.86 bits per heavy atom. The summed E-state index contributed by atoms with van der Waals surface area (Å²) in [6, 6.07) is 0. The zero-order valence-corrected chi connectivity index (χ0v) is 3.30. The van der Waals surface area contributed by atoms with Crippen LogP contribution in [0.2, 0.25) is 0 Å². The first-order chi connectivity index (χ1) is 7.19. The molecule has 7 heavy (non-hydrogen) atoms. The molecule has 0 rings (SSSR count). The van der Waals surface area contributed by atoms with Crippen LogP contribution in [0.4, 0.5) is 0 Å². The summed E-state index contributed by atoms with van der Waals surface area (Å²) in [5.41, 5.74) is 0. The Balaban J connectivity index is 5.60. The van der Waals surface area contributed by atoms with Crippen molar-refractivity contribution in [2.45, 2.75) is 13.7 Å². The van der Waals surface area contributed by atoms with Crippen LogP contribution in [0.3, 0.4) is 0 Å². The topological polar surface area (TPSA) is 32.7 Å². The lowest BCUT2D eigenvalue weighted by Crippen LogP contribution is -2.14. The molecule has 0 aromatic rings. The zero-order valence-electron chi connectivity index (χ0n) is 13.3. The highest BCUT2D eigenvalue weighted by Crippen LogP contribution is 1.82. The van der Waals surface area contributed by atoms with E-state index in [1.54, 1.807) is 0 Å². The Morgan fingerprint density at radius 2 is 2.43 bits per heavy atom. The average Bonchev–Trinajstić information content (AvgIpc) is 1.99. The first kappa shape index (κ1) is 0.787. The molecule has 0 radical (unpaired) electrons. The van der Waals surface area contributed by atoms with Gasteiger partial charge in [-0.15, -0.1) is 4.91 Å². The van der Waals surface area contributed by atoms with Crippen LogP contribution in [0.25, 0.3) is 0 Å². The number of nitrogens with zero attached hydrogens (tertiary/aromatic N) is 2. The molecule has 42 valence electrons. The molecule has 0 atom stereocenters. The van der Waals surface area contributed by atoms with E-state index in [0.717, 1.165) is 0 Å². The SMILES string of the molecule is [2H]C([2H])([2H])C([2H])([2H])N(N=O)C([2H])([2H])C([2H])([2H])[2H]. The fourth-order valence-corrected chi connectivity index (χ4v) is 0.0688. The molecular weight excluding hydrogens is 92.1 g/mol. The predicted octanol–water partition coefficient (Wildman–Crippen LogP) is 1.01. The van der Waals surface area contributed by atoms with Gasteiger partial charge in [-0.3, -0.25) is 5.01 Å². The summed E-state index contributed by atoms with van der Waals surface area (Å²) < 4.78 is 69.4. The van der Waals surface area contributed by atoms with Gasteiger partial charge in [-0.05, 0) is 13.7 Å². The highest BCUT2D eigenvalue weighted by atomic mass is 16.3. The summed E-state index contributed by atoms with van der Waals surface area (Å²) in [5, 5.41) is 1.16. The van der Waals surface area contributed by atoms with E-state index < -0.39 is 31.7 Å². The fraction of sp³-hybridized carbons (Fsp3) is 1.00. The molecule has 0 saturated heterocycles. The molecule has 0 heterocycles. The van der Waals surface area contributed by atoms with Gasteiger partial charge in [0.2, 0.25) is 0 Å².